The third kappa shape index (κ3) is 9.82. The van der Waals surface area contributed by atoms with Crippen molar-refractivity contribution < 1.29 is 19.8 Å². The fraction of sp³-hybridized carbons (Fsp3) is 0.800. The summed E-state index contributed by atoms with van der Waals surface area (Å²) in [5, 5.41) is 18.3. The van der Waals surface area contributed by atoms with Crippen LogP contribution in [0.4, 0.5) is 0 Å². The van der Waals surface area contributed by atoms with E-state index in [1.807, 2.05) is 0 Å². The zero-order chi connectivity index (χ0) is 17.6. The average Bonchev–Trinajstić information content (AvgIpc) is 2.27. The van der Waals surface area contributed by atoms with Gasteiger partial charge in [0.15, 0.2) is 0 Å². The van der Waals surface area contributed by atoms with Crippen molar-refractivity contribution in [1.82, 2.24) is 8.67 Å². The van der Waals surface area contributed by atoms with Gasteiger partial charge in [-0.2, -0.15) is 0 Å². The van der Waals surface area contributed by atoms with E-state index in [1.54, 1.807) is 27.7 Å². The van der Waals surface area contributed by atoms with Crippen LogP contribution in [-0.2, 0) is 9.59 Å². The van der Waals surface area contributed by atoms with Crippen molar-refractivity contribution in [3.63, 3.8) is 0 Å². The minimum absolute atomic E-state index is 0.0642. The Labute approximate surface area is 163 Å². The van der Waals surface area contributed by atoms with Crippen LogP contribution in [0.15, 0.2) is 0 Å². The maximum absolute atomic E-state index is 11.2. The van der Waals surface area contributed by atoms with E-state index in [0.29, 0.717) is 22.6 Å². The number of rotatable bonds is 11. The molecule has 0 unspecified atom stereocenters. The number of thiol groups is 2. The Bertz CT molecular complexity index is 354. The van der Waals surface area contributed by atoms with E-state index in [0.717, 1.165) is 0 Å². The first-order valence-corrected chi connectivity index (χ1v) is 21.6. The number of carboxylic acid groups (broad SMARTS) is 2. The van der Waals surface area contributed by atoms with Gasteiger partial charge in [0.05, 0.1) is 0 Å². The predicted octanol–water partition coefficient (Wildman–Crippen LogP) is -1.12. The van der Waals surface area contributed by atoms with Crippen molar-refractivity contribution in [1.29, 1.82) is 0 Å². The van der Waals surface area contributed by atoms with E-state index >= 15 is 0 Å². The van der Waals surface area contributed by atoms with Gasteiger partial charge in [0.1, 0.15) is 0 Å². The van der Waals surface area contributed by atoms with Crippen molar-refractivity contribution in [3.8, 4) is 0 Å². The number of hydrogen-bond acceptors (Lipinski definition) is 6. The molecule has 0 aromatic carbocycles. The van der Waals surface area contributed by atoms with Crippen LogP contribution in [0.3, 0.4) is 0 Å². The van der Waals surface area contributed by atoms with Crippen molar-refractivity contribution in [2.75, 3.05) is 0 Å². The molecule has 22 heavy (non-hydrogen) atoms. The number of hydrogen-bond donors (Lipinski definition) is 6. The van der Waals surface area contributed by atoms with Gasteiger partial charge in [-0.1, -0.05) is 0 Å². The van der Waals surface area contributed by atoms with Crippen molar-refractivity contribution in [2.45, 2.75) is 49.3 Å². The standard InChI is InChI=1S/C10H20N2O4S2Se4/c1-9(2,17)5(7(13)14)11-19-21-22-20-12-6(8(15)16)10(3,4)18/h5-6,11-12,17-18H,1-4H3,(H,13,14)(H,15,16)/t5-,6-/m1/s1. The molecule has 0 spiro atoms. The van der Waals surface area contributed by atoms with Gasteiger partial charge in [0, 0.05) is 0 Å². The summed E-state index contributed by atoms with van der Waals surface area (Å²) in [6, 6.07) is -1.34. The molecule has 0 saturated carbocycles. The van der Waals surface area contributed by atoms with Crippen LogP contribution >= 0.6 is 25.3 Å². The molecular weight excluding hydrogens is 592 g/mol. The molecular formula is C10H20N2O4S2Se4. The Hall–Kier alpha value is 1.64. The Morgan fingerprint density at radius 1 is 0.864 bits per heavy atom. The minimum atomic E-state index is -0.892. The van der Waals surface area contributed by atoms with Crippen molar-refractivity contribution >= 4 is 86.5 Å². The van der Waals surface area contributed by atoms with E-state index in [2.05, 4.69) is 33.9 Å². The van der Waals surface area contributed by atoms with Gasteiger partial charge in [-0.25, -0.2) is 0 Å². The van der Waals surface area contributed by atoms with Crippen LogP contribution in [0, 0.1) is 0 Å². The van der Waals surface area contributed by atoms with Crippen LogP contribution in [0.25, 0.3) is 0 Å². The van der Waals surface area contributed by atoms with Gasteiger partial charge in [-0.15, -0.1) is 0 Å². The van der Waals surface area contributed by atoms with E-state index in [1.165, 1.54) is 0 Å². The Kier molecular flexibility index (Phi) is 11.4. The molecule has 0 rings (SSSR count). The predicted molar refractivity (Wildman–Crippen MR) is 98.3 cm³/mol. The molecule has 0 amide bonds. The van der Waals surface area contributed by atoms with Crippen molar-refractivity contribution in [2.24, 2.45) is 0 Å². The second-order valence-corrected chi connectivity index (χ2v) is 32.0. The summed E-state index contributed by atoms with van der Waals surface area (Å²) in [5.74, 6) is -1.78. The van der Waals surface area contributed by atoms with Gasteiger partial charge in [-0.3, -0.25) is 0 Å². The molecule has 0 aromatic rings. The summed E-state index contributed by atoms with van der Waals surface area (Å²) in [7, 11) is 0. The SMILES string of the molecule is CC(C)(S)[C@H](N[Se][Se][Se][Se]N[C@H](C(=O)O)C(C)(C)S)C(=O)O. The molecule has 130 valence electrons. The van der Waals surface area contributed by atoms with Gasteiger partial charge in [-0.05, 0) is 0 Å². The van der Waals surface area contributed by atoms with E-state index in [9.17, 15) is 9.59 Å². The quantitative estimate of drug-likeness (QED) is 0.101. The number of aliphatic carboxylic acids is 2. The first-order chi connectivity index (χ1) is 9.87. The Balaban J connectivity index is 4.08. The molecule has 4 N–H and O–H groups in total. The van der Waals surface area contributed by atoms with E-state index in [-0.39, 0.29) is 26.7 Å². The third-order valence-electron chi connectivity index (χ3n) is 2.33. The normalized spacial score (nSPS) is 15.4. The second-order valence-electron chi connectivity index (χ2n) is 5.39. The summed E-state index contributed by atoms with van der Waals surface area (Å²) in [5.41, 5.74) is 0. The Morgan fingerprint density at radius 2 is 1.14 bits per heavy atom. The van der Waals surface area contributed by atoms with Gasteiger partial charge < -0.3 is 0 Å². The molecule has 0 aliphatic rings. The van der Waals surface area contributed by atoms with Crippen LogP contribution in [-0.4, -0.2) is 93.0 Å². The average molecular weight is 612 g/mol. The molecule has 0 fully saturated rings. The maximum atomic E-state index is 11.2. The van der Waals surface area contributed by atoms with Crippen LogP contribution in [0.1, 0.15) is 27.7 Å². The van der Waals surface area contributed by atoms with Crippen LogP contribution in [0.2, 0.25) is 0 Å². The van der Waals surface area contributed by atoms with Gasteiger partial charge in [0.2, 0.25) is 0 Å². The molecule has 0 aliphatic carbocycles. The third-order valence-corrected chi connectivity index (χ3v) is 36.0. The summed E-state index contributed by atoms with van der Waals surface area (Å²) >= 11 is 9.39. The van der Waals surface area contributed by atoms with Gasteiger partial charge in [0.25, 0.3) is 0 Å². The summed E-state index contributed by atoms with van der Waals surface area (Å²) in [6.07, 6.45) is 0. The molecule has 0 bridgehead atoms. The molecule has 0 heterocycles. The van der Waals surface area contributed by atoms with Crippen LogP contribution < -0.4 is 8.67 Å². The molecule has 0 aliphatic heterocycles. The fourth-order valence-corrected chi connectivity index (χ4v) is 31.8. The summed E-state index contributed by atoms with van der Waals surface area (Å²) in [4.78, 5) is 22.3. The van der Waals surface area contributed by atoms with E-state index < -0.39 is 33.5 Å². The number of nitrogens with one attached hydrogen (secondary N) is 2. The topological polar surface area (TPSA) is 98.7 Å². The number of carboxylic acids is 2. The zero-order valence-electron chi connectivity index (χ0n) is 12.4. The van der Waals surface area contributed by atoms with Crippen LogP contribution in [0.5, 0.6) is 0 Å². The molecule has 0 radical (unpaired) electrons. The molecule has 12 heteroatoms. The zero-order valence-corrected chi connectivity index (χ0v) is 21.0. The summed E-state index contributed by atoms with van der Waals surface area (Å²) in [6.45, 7) is 7.09. The molecule has 2 atom stereocenters. The number of carbonyl (C=O) groups is 2. The first-order valence-electron chi connectivity index (χ1n) is 5.94. The summed E-state index contributed by atoms with van der Waals surface area (Å²) < 4.78 is 4.92. The van der Waals surface area contributed by atoms with Crippen molar-refractivity contribution in [3.05, 3.63) is 0 Å². The van der Waals surface area contributed by atoms with E-state index in [4.69, 9.17) is 10.2 Å². The second kappa shape index (κ2) is 10.6. The monoisotopic (exact) mass is 616 g/mol. The molecule has 6 nitrogen and oxygen atoms in total. The first kappa shape index (κ1) is 23.6. The fourth-order valence-electron chi connectivity index (χ4n) is 1.16. The Morgan fingerprint density at radius 3 is 1.32 bits per heavy atom. The van der Waals surface area contributed by atoms with Gasteiger partial charge >= 0.3 is 164 Å². The molecule has 0 saturated heterocycles. The molecule has 0 aromatic heterocycles.